The quantitative estimate of drug-likeness (QED) is 0.271. The number of rotatable bonds is 9. The van der Waals surface area contributed by atoms with Gasteiger partial charge < -0.3 is 19.5 Å². The maximum atomic E-state index is 13.0. The van der Waals surface area contributed by atoms with Crippen LogP contribution >= 0.6 is 0 Å². The second-order valence-electron chi connectivity index (χ2n) is 8.43. The average molecular weight is 438 g/mol. The highest BCUT2D eigenvalue weighted by atomic mass is 16.5. The Morgan fingerprint density at radius 3 is 2.47 bits per heavy atom. The van der Waals surface area contributed by atoms with Crippen molar-refractivity contribution in [1.82, 2.24) is 4.90 Å². The molecule has 1 saturated heterocycles. The fraction of sp³-hybridized carbons (Fsp3) is 0.385. The van der Waals surface area contributed by atoms with E-state index < -0.39 is 17.7 Å². The average Bonchev–Trinajstić information content (AvgIpc) is 3.03. The molecule has 0 saturated carbocycles. The van der Waals surface area contributed by atoms with Crippen LogP contribution in [-0.4, -0.2) is 48.6 Å². The van der Waals surface area contributed by atoms with Gasteiger partial charge in [-0.05, 0) is 48.6 Å². The maximum Gasteiger partial charge on any atom is 0.295 e. The molecule has 1 atom stereocenters. The summed E-state index contributed by atoms with van der Waals surface area (Å²) in [6.07, 6.45) is 0.591. The van der Waals surface area contributed by atoms with Crippen molar-refractivity contribution in [1.29, 1.82) is 0 Å². The van der Waals surface area contributed by atoms with Gasteiger partial charge in [-0.15, -0.1) is 0 Å². The van der Waals surface area contributed by atoms with E-state index in [0.717, 1.165) is 16.9 Å². The highest BCUT2D eigenvalue weighted by Gasteiger charge is 2.45. The lowest BCUT2D eigenvalue weighted by Gasteiger charge is -2.25. The van der Waals surface area contributed by atoms with Crippen molar-refractivity contribution in [2.24, 2.45) is 5.92 Å². The first-order valence-corrected chi connectivity index (χ1v) is 10.9. The molecule has 170 valence electrons. The van der Waals surface area contributed by atoms with Gasteiger partial charge in [0.25, 0.3) is 11.7 Å². The lowest BCUT2D eigenvalue weighted by molar-refractivity contribution is -0.140. The van der Waals surface area contributed by atoms with Crippen LogP contribution in [0.5, 0.6) is 5.75 Å². The third-order valence-electron chi connectivity index (χ3n) is 5.42. The largest absolute Gasteiger partial charge is 0.507 e. The Hall–Kier alpha value is -3.12. The third-order valence-corrected chi connectivity index (χ3v) is 5.42. The number of ether oxygens (including phenoxy) is 2. The summed E-state index contributed by atoms with van der Waals surface area (Å²) in [5.41, 5.74) is 2.21. The molecular formula is C26H31NO5. The zero-order chi connectivity index (χ0) is 23.3. The predicted octanol–water partition coefficient (Wildman–Crippen LogP) is 4.49. The standard InChI is InChI=1S/C26H31NO5/c1-17(2)16-32-21-12-11-20(15-18(21)3)24(28)22-23(19-9-6-5-7-10-19)27(13-8-14-31-4)26(30)25(22)29/h5-7,9-12,15,17,23,28H,8,13-14,16H2,1-4H3/b24-22+. The van der Waals surface area contributed by atoms with E-state index in [4.69, 9.17) is 9.47 Å². The number of Topliss-reactive ketones (excluding diaryl/α,β-unsaturated/α-hetero) is 1. The molecule has 0 aliphatic carbocycles. The Bertz CT molecular complexity index is 997. The Morgan fingerprint density at radius 2 is 1.84 bits per heavy atom. The van der Waals surface area contributed by atoms with Gasteiger partial charge >= 0.3 is 0 Å². The Labute approximate surface area is 189 Å². The van der Waals surface area contributed by atoms with Gasteiger partial charge in [-0.3, -0.25) is 9.59 Å². The van der Waals surface area contributed by atoms with Crippen molar-refractivity contribution in [3.8, 4) is 5.75 Å². The van der Waals surface area contributed by atoms with Gasteiger partial charge in [0.2, 0.25) is 0 Å². The highest BCUT2D eigenvalue weighted by molar-refractivity contribution is 6.46. The number of aryl methyl sites for hydroxylation is 1. The number of hydrogen-bond donors (Lipinski definition) is 1. The molecule has 1 aliphatic rings. The van der Waals surface area contributed by atoms with Gasteiger partial charge in [0.1, 0.15) is 11.5 Å². The van der Waals surface area contributed by atoms with Crippen LogP contribution in [0.2, 0.25) is 0 Å². The van der Waals surface area contributed by atoms with E-state index in [1.807, 2.05) is 37.3 Å². The summed E-state index contributed by atoms with van der Waals surface area (Å²) < 4.78 is 10.9. The monoisotopic (exact) mass is 437 g/mol. The SMILES string of the molecule is COCCCN1C(=O)C(=O)/C(=C(/O)c2ccc(OCC(C)C)c(C)c2)C1c1ccccc1. The number of carbonyl (C=O) groups is 2. The van der Waals surface area contributed by atoms with Crippen LogP contribution in [0.1, 0.15) is 43.0 Å². The number of hydrogen-bond acceptors (Lipinski definition) is 5. The van der Waals surface area contributed by atoms with E-state index >= 15 is 0 Å². The number of aliphatic hydroxyl groups is 1. The van der Waals surface area contributed by atoms with Crippen molar-refractivity contribution in [2.45, 2.75) is 33.2 Å². The Kier molecular flexibility index (Phi) is 7.70. The summed E-state index contributed by atoms with van der Waals surface area (Å²) in [4.78, 5) is 27.4. The molecule has 1 N–H and O–H groups in total. The van der Waals surface area contributed by atoms with Gasteiger partial charge in [0, 0.05) is 25.8 Å². The number of methoxy groups -OCH3 is 1. The second-order valence-corrected chi connectivity index (χ2v) is 8.43. The second kappa shape index (κ2) is 10.5. The summed E-state index contributed by atoms with van der Waals surface area (Å²) >= 11 is 0. The minimum Gasteiger partial charge on any atom is -0.507 e. The van der Waals surface area contributed by atoms with Crippen molar-refractivity contribution >= 4 is 17.4 Å². The lowest BCUT2D eigenvalue weighted by atomic mass is 9.95. The fourth-order valence-corrected chi connectivity index (χ4v) is 3.84. The van der Waals surface area contributed by atoms with E-state index in [9.17, 15) is 14.7 Å². The van der Waals surface area contributed by atoms with Crippen LogP contribution in [0.4, 0.5) is 0 Å². The molecule has 32 heavy (non-hydrogen) atoms. The first-order valence-electron chi connectivity index (χ1n) is 10.9. The van der Waals surface area contributed by atoms with E-state index in [1.165, 1.54) is 4.90 Å². The van der Waals surface area contributed by atoms with Crippen molar-refractivity contribution < 1.29 is 24.2 Å². The Morgan fingerprint density at radius 1 is 1.12 bits per heavy atom. The molecule has 1 aliphatic heterocycles. The van der Waals surface area contributed by atoms with Gasteiger partial charge in [-0.2, -0.15) is 0 Å². The van der Waals surface area contributed by atoms with Crippen molar-refractivity contribution in [2.75, 3.05) is 26.9 Å². The molecule has 1 unspecified atom stereocenters. The fourth-order valence-electron chi connectivity index (χ4n) is 3.84. The van der Waals surface area contributed by atoms with E-state index in [-0.39, 0.29) is 11.3 Å². The molecule has 1 fully saturated rings. The zero-order valence-electron chi connectivity index (χ0n) is 19.1. The van der Waals surface area contributed by atoms with Crippen LogP contribution in [0.15, 0.2) is 54.1 Å². The van der Waals surface area contributed by atoms with E-state index in [1.54, 1.807) is 25.3 Å². The number of benzene rings is 2. The topological polar surface area (TPSA) is 76.1 Å². The Balaban J connectivity index is 2.03. The number of aliphatic hydroxyl groups excluding tert-OH is 1. The molecule has 1 amide bonds. The molecule has 6 nitrogen and oxygen atoms in total. The van der Waals surface area contributed by atoms with Gasteiger partial charge in [-0.25, -0.2) is 0 Å². The highest BCUT2D eigenvalue weighted by Crippen LogP contribution is 2.39. The van der Waals surface area contributed by atoms with E-state index in [0.29, 0.717) is 37.7 Å². The molecule has 2 aromatic carbocycles. The maximum absolute atomic E-state index is 13.0. The smallest absolute Gasteiger partial charge is 0.295 e. The summed E-state index contributed by atoms with van der Waals surface area (Å²) in [5.74, 6) is -0.334. The van der Waals surface area contributed by atoms with Gasteiger partial charge in [0.15, 0.2) is 0 Å². The summed E-state index contributed by atoms with van der Waals surface area (Å²) in [6.45, 7) is 7.46. The molecule has 0 spiro atoms. The minimum absolute atomic E-state index is 0.105. The van der Waals surface area contributed by atoms with Crippen molar-refractivity contribution in [3.05, 3.63) is 70.8 Å². The molecule has 3 rings (SSSR count). The molecule has 0 bridgehead atoms. The molecule has 0 radical (unpaired) electrons. The molecule has 0 aromatic heterocycles. The summed E-state index contributed by atoms with van der Waals surface area (Å²) in [5, 5.41) is 11.2. The van der Waals surface area contributed by atoms with Gasteiger partial charge in [-0.1, -0.05) is 44.2 Å². The number of likely N-dealkylation sites (tertiary alicyclic amines) is 1. The van der Waals surface area contributed by atoms with Crippen LogP contribution in [0, 0.1) is 12.8 Å². The van der Waals surface area contributed by atoms with E-state index in [2.05, 4.69) is 13.8 Å². The van der Waals surface area contributed by atoms with Crippen LogP contribution in [0.25, 0.3) is 5.76 Å². The van der Waals surface area contributed by atoms with Crippen LogP contribution in [-0.2, 0) is 14.3 Å². The third kappa shape index (κ3) is 5.02. The first-order chi connectivity index (χ1) is 15.3. The normalized spacial score (nSPS) is 17.9. The van der Waals surface area contributed by atoms with Gasteiger partial charge in [0.05, 0.1) is 18.2 Å². The molecular weight excluding hydrogens is 406 g/mol. The summed E-state index contributed by atoms with van der Waals surface area (Å²) in [7, 11) is 1.60. The predicted molar refractivity (Wildman–Crippen MR) is 123 cm³/mol. The van der Waals surface area contributed by atoms with Crippen LogP contribution in [0.3, 0.4) is 0 Å². The van der Waals surface area contributed by atoms with Crippen molar-refractivity contribution in [3.63, 3.8) is 0 Å². The number of nitrogens with zero attached hydrogens (tertiary/aromatic N) is 1. The number of amides is 1. The van der Waals surface area contributed by atoms with Crippen LogP contribution < -0.4 is 4.74 Å². The lowest BCUT2D eigenvalue weighted by Crippen LogP contribution is -2.31. The molecule has 6 heteroatoms. The molecule has 2 aromatic rings. The zero-order valence-corrected chi connectivity index (χ0v) is 19.1. The summed E-state index contributed by atoms with van der Waals surface area (Å²) in [6, 6.07) is 14.0. The number of ketones is 1. The first kappa shape index (κ1) is 23.5. The molecule has 1 heterocycles. The number of carbonyl (C=O) groups excluding carboxylic acids is 2. The minimum atomic E-state index is -0.674.